The van der Waals surface area contributed by atoms with Crippen LogP contribution in [0.3, 0.4) is 0 Å². The van der Waals surface area contributed by atoms with E-state index in [0.29, 0.717) is 0 Å². The Hall–Kier alpha value is -0.303. The van der Waals surface area contributed by atoms with Gasteiger partial charge in [-0.25, -0.2) is 0 Å². The minimum atomic E-state index is -1.05. The molecular weight excluding hydrogens is 136 g/mol. The van der Waals surface area contributed by atoms with Crippen molar-refractivity contribution in [3.05, 3.63) is 23.0 Å². The Morgan fingerprint density at radius 3 is 2.10 bits per heavy atom. The van der Waals surface area contributed by atoms with Crippen LogP contribution in [0.5, 0.6) is 0 Å². The van der Waals surface area contributed by atoms with Gasteiger partial charge in [-0.1, -0.05) is 50.0 Å². The summed E-state index contributed by atoms with van der Waals surface area (Å²) in [5.41, 5.74) is 2.41. The van der Waals surface area contributed by atoms with E-state index in [1.54, 1.807) is 5.20 Å². The topological polar surface area (TPSA) is 0 Å². The van der Waals surface area contributed by atoms with Gasteiger partial charge in [-0.05, 0) is 5.92 Å². The van der Waals surface area contributed by atoms with Crippen molar-refractivity contribution in [1.82, 2.24) is 0 Å². The lowest BCUT2D eigenvalue weighted by molar-refractivity contribution is 0.806. The Morgan fingerprint density at radius 1 is 1.30 bits per heavy atom. The molecule has 0 saturated carbocycles. The van der Waals surface area contributed by atoms with Crippen LogP contribution in [0.4, 0.5) is 0 Å². The number of allylic oxidation sites excluding steroid dienone is 3. The Labute approximate surface area is 64.7 Å². The quantitative estimate of drug-likeness (QED) is 0.507. The maximum Gasteiger partial charge on any atom is 0.0993 e. The van der Waals surface area contributed by atoms with Gasteiger partial charge >= 0.3 is 0 Å². The molecule has 0 aromatic rings. The molecule has 1 heterocycles. The van der Waals surface area contributed by atoms with Crippen molar-refractivity contribution in [3.8, 4) is 0 Å². The van der Waals surface area contributed by atoms with Crippen LogP contribution in [0.1, 0.15) is 13.8 Å². The molecule has 0 atom stereocenters. The molecule has 0 N–H and O–H groups in total. The van der Waals surface area contributed by atoms with E-state index in [1.807, 2.05) is 0 Å². The Balaban J connectivity index is 2.83. The predicted octanol–water partition coefficient (Wildman–Crippen LogP) is 2.93. The second-order valence-corrected chi connectivity index (χ2v) is 8.21. The molecule has 1 rings (SSSR count). The lowest BCUT2D eigenvalue weighted by Gasteiger charge is -2.21. The van der Waals surface area contributed by atoms with Gasteiger partial charge < -0.3 is 0 Å². The summed E-state index contributed by atoms with van der Waals surface area (Å²) in [6.45, 7) is 9.38. The summed E-state index contributed by atoms with van der Waals surface area (Å²) in [5.74, 6) is 0.747. The van der Waals surface area contributed by atoms with Crippen molar-refractivity contribution in [2.75, 3.05) is 0 Å². The summed E-state index contributed by atoms with van der Waals surface area (Å²) in [7, 11) is -1.05. The maximum atomic E-state index is 2.41. The van der Waals surface area contributed by atoms with E-state index < -0.39 is 8.07 Å². The first-order chi connectivity index (χ1) is 4.54. The van der Waals surface area contributed by atoms with Crippen molar-refractivity contribution in [1.29, 1.82) is 0 Å². The van der Waals surface area contributed by atoms with Crippen LogP contribution in [-0.2, 0) is 0 Å². The van der Waals surface area contributed by atoms with Crippen molar-refractivity contribution < 1.29 is 0 Å². The van der Waals surface area contributed by atoms with Crippen molar-refractivity contribution in [2.24, 2.45) is 5.92 Å². The minimum absolute atomic E-state index is 0.747. The van der Waals surface area contributed by atoms with Crippen LogP contribution >= 0.6 is 0 Å². The molecule has 0 aromatic heterocycles. The summed E-state index contributed by atoms with van der Waals surface area (Å²) in [6.07, 6.45) is 4.53. The molecule has 0 spiro atoms. The molecule has 0 unspecified atom stereocenters. The number of rotatable bonds is 1. The van der Waals surface area contributed by atoms with Crippen LogP contribution in [-0.4, -0.2) is 8.07 Å². The van der Waals surface area contributed by atoms with Gasteiger partial charge in [0, 0.05) is 0 Å². The molecule has 1 heteroatoms. The average molecular weight is 152 g/mol. The third-order valence-corrected chi connectivity index (χ3v) is 5.41. The molecule has 0 bridgehead atoms. The highest BCUT2D eigenvalue weighted by Crippen LogP contribution is 2.27. The molecule has 0 radical (unpaired) electrons. The van der Waals surface area contributed by atoms with E-state index in [9.17, 15) is 0 Å². The fourth-order valence-electron chi connectivity index (χ4n) is 1.64. The number of hydrogen-bond acceptors (Lipinski definition) is 0. The Morgan fingerprint density at radius 2 is 1.90 bits per heavy atom. The van der Waals surface area contributed by atoms with Gasteiger partial charge in [-0.15, -0.1) is 0 Å². The normalized spacial score (nSPS) is 21.9. The summed E-state index contributed by atoms with van der Waals surface area (Å²) in [5, 5.41) is 1.69. The first-order valence-corrected chi connectivity index (χ1v) is 7.01. The van der Waals surface area contributed by atoms with Gasteiger partial charge in [0.1, 0.15) is 0 Å². The zero-order chi connectivity index (χ0) is 7.78. The monoisotopic (exact) mass is 152 g/mol. The molecule has 1 aliphatic rings. The van der Waals surface area contributed by atoms with E-state index >= 15 is 0 Å². The fourth-order valence-corrected chi connectivity index (χ4v) is 4.42. The summed E-state index contributed by atoms with van der Waals surface area (Å²) in [6, 6.07) is 0. The van der Waals surface area contributed by atoms with Gasteiger partial charge in [0.15, 0.2) is 0 Å². The van der Waals surface area contributed by atoms with E-state index in [0.717, 1.165) is 5.92 Å². The van der Waals surface area contributed by atoms with Crippen LogP contribution in [0, 0.1) is 5.92 Å². The summed E-state index contributed by atoms with van der Waals surface area (Å²) in [4.78, 5) is 0. The van der Waals surface area contributed by atoms with Crippen LogP contribution in [0.2, 0.25) is 13.1 Å². The third kappa shape index (κ3) is 1.24. The van der Waals surface area contributed by atoms with E-state index in [-0.39, 0.29) is 0 Å². The largest absolute Gasteiger partial charge is 0.0993 e. The predicted molar refractivity (Wildman–Crippen MR) is 49.5 cm³/mol. The van der Waals surface area contributed by atoms with Crippen molar-refractivity contribution >= 4 is 8.07 Å². The standard InChI is InChI=1S/C9H16Si/c1-8(2)9-6-5-7-10(9,3)4/h5-8H,1-4H3. The molecule has 56 valence electrons. The Bertz CT molecular complexity index is 185. The van der Waals surface area contributed by atoms with Crippen LogP contribution < -0.4 is 0 Å². The first kappa shape index (κ1) is 7.80. The maximum absolute atomic E-state index is 2.41. The molecular formula is C9H16Si. The molecule has 0 fully saturated rings. The van der Waals surface area contributed by atoms with Crippen LogP contribution in [0.25, 0.3) is 0 Å². The summed E-state index contributed by atoms with van der Waals surface area (Å²) < 4.78 is 0. The minimum Gasteiger partial charge on any atom is -0.0905 e. The molecule has 10 heavy (non-hydrogen) atoms. The SMILES string of the molecule is CC(C)C1=CC=C[Si]1(C)C. The smallest absolute Gasteiger partial charge is 0.0905 e. The van der Waals surface area contributed by atoms with Crippen molar-refractivity contribution in [3.63, 3.8) is 0 Å². The molecule has 0 aliphatic carbocycles. The van der Waals surface area contributed by atoms with Gasteiger partial charge in [0.25, 0.3) is 0 Å². The fraction of sp³-hybridized carbons (Fsp3) is 0.556. The molecule has 0 saturated heterocycles. The van der Waals surface area contributed by atoms with Gasteiger partial charge in [0.2, 0.25) is 0 Å². The lowest BCUT2D eigenvalue weighted by Crippen LogP contribution is -2.26. The van der Waals surface area contributed by atoms with Crippen molar-refractivity contribution in [2.45, 2.75) is 26.9 Å². The summed E-state index contributed by atoms with van der Waals surface area (Å²) >= 11 is 0. The molecule has 0 amide bonds. The van der Waals surface area contributed by atoms with Gasteiger partial charge in [0.05, 0.1) is 8.07 Å². The molecule has 1 aliphatic heterocycles. The van der Waals surface area contributed by atoms with E-state index in [2.05, 4.69) is 44.8 Å². The van der Waals surface area contributed by atoms with E-state index in [1.165, 1.54) is 0 Å². The molecule has 0 nitrogen and oxygen atoms in total. The Kier molecular flexibility index (Phi) is 1.86. The highest BCUT2D eigenvalue weighted by Gasteiger charge is 2.26. The highest BCUT2D eigenvalue weighted by molar-refractivity contribution is 6.89. The third-order valence-electron chi connectivity index (χ3n) is 2.15. The van der Waals surface area contributed by atoms with Gasteiger partial charge in [-0.3, -0.25) is 0 Å². The highest BCUT2D eigenvalue weighted by atomic mass is 28.3. The number of hydrogen-bond donors (Lipinski definition) is 0. The zero-order valence-electron chi connectivity index (χ0n) is 7.31. The van der Waals surface area contributed by atoms with E-state index in [4.69, 9.17) is 0 Å². The second kappa shape index (κ2) is 2.39. The van der Waals surface area contributed by atoms with Gasteiger partial charge in [-0.2, -0.15) is 0 Å². The first-order valence-electron chi connectivity index (χ1n) is 3.94. The molecule has 0 aromatic carbocycles. The van der Waals surface area contributed by atoms with Crippen LogP contribution in [0.15, 0.2) is 23.0 Å². The second-order valence-electron chi connectivity index (χ2n) is 3.86. The average Bonchev–Trinajstić information content (AvgIpc) is 2.08. The lowest BCUT2D eigenvalue weighted by atomic mass is 10.2. The zero-order valence-corrected chi connectivity index (χ0v) is 8.31.